The first-order valence-corrected chi connectivity index (χ1v) is 10.3. The van der Waals surface area contributed by atoms with E-state index in [2.05, 4.69) is 17.7 Å². The van der Waals surface area contributed by atoms with E-state index in [0.29, 0.717) is 11.8 Å². The van der Waals surface area contributed by atoms with Crippen LogP contribution in [0.1, 0.15) is 62.1 Å². The molecule has 1 aromatic rings. The first-order valence-electron chi connectivity index (χ1n) is 10.3. The molecule has 0 heterocycles. The van der Waals surface area contributed by atoms with E-state index in [0.717, 1.165) is 42.4 Å². The van der Waals surface area contributed by atoms with Gasteiger partial charge >= 0.3 is 18.1 Å². The molecule has 0 radical (unpaired) electrons. The van der Waals surface area contributed by atoms with Gasteiger partial charge in [-0.1, -0.05) is 19.1 Å². The van der Waals surface area contributed by atoms with Crippen molar-refractivity contribution in [2.24, 2.45) is 17.3 Å². The summed E-state index contributed by atoms with van der Waals surface area (Å²) >= 11 is 0. The van der Waals surface area contributed by atoms with Crippen molar-refractivity contribution >= 4 is 18.0 Å². The average Bonchev–Trinajstić information content (AvgIpc) is 2.96. The van der Waals surface area contributed by atoms with Crippen LogP contribution in [-0.2, 0) is 14.3 Å². The molecule has 0 aromatic heterocycles. The predicted molar refractivity (Wildman–Crippen MR) is 104 cm³/mol. The molecule has 0 spiro atoms. The zero-order chi connectivity index (χ0) is 21.8. The summed E-state index contributed by atoms with van der Waals surface area (Å²) in [5.74, 6) is -1.62. The van der Waals surface area contributed by atoms with Crippen LogP contribution in [0, 0.1) is 24.2 Å². The number of hydrogen-bond acceptors (Lipinski definition) is 4. The molecule has 30 heavy (non-hydrogen) atoms. The number of rotatable bonds is 2. The number of ether oxygens (including phenoxy) is 2. The number of aryl methyl sites for hydroxylation is 1. The maximum atomic E-state index is 12.5. The van der Waals surface area contributed by atoms with E-state index in [1.54, 1.807) is 0 Å². The van der Waals surface area contributed by atoms with Crippen LogP contribution in [-0.4, -0.2) is 24.2 Å². The number of hydrogen-bond donors (Lipinski definition) is 0. The minimum absolute atomic E-state index is 0.0647. The minimum Gasteiger partial charge on any atom is -0.462 e. The van der Waals surface area contributed by atoms with Crippen molar-refractivity contribution in [3.05, 3.63) is 34.9 Å². The molecule has 3 aliphatic carbocycles. The zero-order valence-electron chi connectivity index (χ0n) is 17.2. The van der Waals surface area contributed by atoms with Crippen LogP contribution < -0.4 is 4.74 Å². The minimum atomic E-state index is -5.03. The van der Waals surface area contributed by atoms with Crippen LogP contribution in [0.5, 0.6) is 5.75 Å². The van der Waals surface area contributed by atoms with Gasteiger partial charge in [-0.3, -0.25) is 4.79 Å². The topological polar surface area (TPSA) is 52.6 Å². The Kier molecular flexibility index (Phi) is 4.98. The largest absolute Gasteiger partial charge is 0.491 e. The van der Waals surface area contributed by atoms with E-state index in [1.165, 1.54) is 19.1 Å². The van der Waals surface area contributed by atoms with E-state index in [4.69, 9.17) is 4.74 Å². The van der Waals surface area contributed by atoms with Gasteiger partial charge in [-0.25, -0.2) is 4.79 Å². The number of carbonyl (C=O) groups excluding carboxylic acids is 2. The fraction of sp³-hybridized carbons (Fsp3) is 0.565. The van der Waals surface area contributed by atoms with Crippen molar-refractivity contribution in [2.75, 3.05) is 0 Å². The molecule has 0 bridgehead atoms. The summed E-state index contributed by atoms with van der Waals surface area (Å²) in [5.41, 5.74) is 2.69. The molecule has 5 atom stereocenters. The van der Waals surface area contributed by atoms with Crippen molar-refractivity contribution in [1.82, 2.24) is 0 Å². The maximum absolute atomic E-state index is 12.5. The van der Waals surface area contributed by atoms with Crippen molar-refractivity contribution in [2.45, 2.75) is 64.7 Å². The van der Waals surface area contributed by atoms with Gasteiger partial charge in [0.05, 0.1) is 0 Å². The highest BCUT2D eigenvalue weighted by molar-refractivity contribution is 5.78. The fourth-order valence-corrected chi connectivity index (χ4v) is 6.02. The van der Waals surface area contributed by atoms with Gasteiger partial charge in [0.15, 0.2) is 0 Å². The lowest BCUT2D eigenvalue weighted by Crippen LogP contribution is -2.44. The molecule has 2 fully saturated rings. The van der Waals surface area contributed by atoms with Crippen LogP contribution in [0.25, 0.3) is 6.08 Å². The molecule has 1 unspecified atom stereocenters. The zero-order valence-corrected chi connectivity index (χ0v) is 17.2. The molecular formula is C23H25F3O4. The van der Waals surface area contributed by atoms with E-state index in [1.807, 2.05) is 13.0 Å². The van der Waals surface area contributed by atoms with Crippen LogP contribution >= 0.6 is 0 Å². The van der Waals surface area contributed by atoms with Gasteiger partial charge < -0.3 is 9.47 Å². The highest BCUT2D eigenvalue weighted by Crippen LogP contribution is 2.61. The summed E-state index contributed by atoms with van der Waals surface area (Å²) in [7, 11) is 0. The summed E-state index contributed by atoms with van der Waals surface area (Å²) in [6.07, 6.45) is 2.65. The van der Waals surface area contributed by atoms with Crippen molar-refractivity contribution in [3.63, 3.8) is 0 Å². The normalized spacial score (nSPS) is 32.1. The summed E-state index contributed by atoms with van der Waals surface area (Å²) in [6.45, 7) is 5.51. The third-order valence-corrected chi connectivity index (χ3v) is 7.26. The number of alkyl halides is 3. The molecule has 0 amide bonds. The molecular weight excluding hydrogens is 397 g/mol. The van der Waals surface area contributed by atoms with Gasteiger partial charge in [0.2, 0.25) is 0 Å². The lowest BCUT2D eigenvalue weighted by molar-refractivity contribution is -0.189. The smallest absolute Gasteiger partial charge is 0.462 e. The predicted octanol–water partition coefficient (Wildman–Crippen LogP) is 5.33. The number of fused-ring (bicyclic) bond motifs is 5. The Morgan fingerprint density at radius 3 is 2.57 bits per heavy atom. The van der Waals surface area contributed by atoms with Crippen LogP contribution in [0.15, 0.2) is 18.2 Å². The van der Waals surface area contributed by atoms with Gasteiger partial charge in [0.25, 0.3) is 0 Å². The standard InChI is InChI=1S/C23H25F3O4/c1-12-10-15(30-21(28)23(24,25)26)11-14-4-5-16-17(20(12)14)8-9-22(3)18(16)6-7-19(22)29-13(2)27/h4-5,10-11,16-19H,6-9H2,1-3H3/t16-,17+,18+,19?,22+/m1/s1. The van der Waals surface area contributed by atoms with Crippen molar-refractivity contribution < 1.29 is 32.2 Å². The monoisotopic (exact) mass is 422 g/mol. The summed E-state index contributed by atoms with van der Waals surface area (Å²) < 4.78 is 47.8. The Bertz CT molecular complexity index is 920. The first kappa shape index (κ1) is 20.9. The van der Waals surface area contributed by atoms with E-state index < -0.39 is 12.1 Å². The molecule has 0 saturated heterocycles. The van der Waals surface area contributed by atoms with Gasteiger partial charge in [0, 0.05) is 12.3 Å². The van der Waals surface area contributed by atoms with Crippen LogP contribution in [0.4, 0.5) is 13.2 Å². The van der Waals surface area contributed by atoms with E-state index in [-0.39, 0.29) is 29.2 Å². The molecule has 162 valence electrons. The second-order valence-electron chi connectivity index (χ2n) is 9.00. The van der Waals surface area contributed by atoms with Crippen molar-refractivity contribution in [1.29, 1.82) is 0 Å². The number of halogens is 3. The SMILES string of the molecule is CC(=O)OC1CC[C@H]2[C@@H]3C=Cc4cc(OC(=O)C(F)(F)F)cc(C)c4[C@H]3CC[C@]12C. The highest BCUT2D eigenvalue weighted by atomic mass is 19.4. The first-order chi connectivity index (χ1) is 14.0. The Labute approximate surface area is 173 Å². The van der Waals surface area contributed by atoms with Crippen molar-refractivity contribution in [3.8, 4) is 5.75 Å². The summed E-state index contributed by atoms with van der Waals surface area (Å²) in [6, 6.07) is 3.03. The molecule has 2 saturated carbocycles. The maximum Gasteiger partial charge on any atom is 0.491 e. The molecule has 4 nitrogen and oxygen atoms in total. The van der Waals surface area contributed by atoms with Gasteiger partial charge in [-0.2, -0.15) is 13.2 Å². The Hall–Kier alpha value is -2.31. The average molecular weight is 422 g/mol. The van der Waals surface area contributed by atoms with E-state index in [9.17, 15) is 22.8 Å². The van der Waals surface area contributed by atoms with Crippen LogP contribution in [0.2, 0.25) is 0 Å². The molecule has 7 heteroatoms. The number of esters is 2. The second kappa shape index (κ2) is 7.13. The van der Waals surface area contributed by atoms with Gasteiger partial charge in [0.1, 0.15) is 11.9 Å². The number of allylic oxidation sites excluding steroid dienone is 1. The molecule has 0 N–H and O–H groups in total. The third kappa shape index (κ3) is 3.42. The summed E-state index contributed by atoms with van der Waals surface area (Å²) in [4.78, 5) is 22.7. The fourth-order valence-electron chi connectivity index (χ4n) is 6.02. The number of carbonyl (C=O) groups is 2. The molecule has 0 aliphatic heterocycles. The summed E-state index contributed by atoms with van der Waals surface area (Å²) in [5, 5.41) is 0. The Balaban J connectivity index is 1.62. The highest BCUT2D eigenvalue weighted by Gasteiger charge is 2.55. The number of benzene rings is 1. The third-order valence-electron chi connectivity index (χ3n) is 7.26. The molecule has 3 aliphatic rings. The van der Waals surface area contributed by atoms with E-state index >= 15 is 0 Å². The van der Waals surface area contributed by atoms with Crippen LogP contribution in [0.3, 0.4) is 0 Å². The van der Waals surface area contributed by atoms with Gasteiger partial charge in [-0.05, 0) is 79.2 Å². The quantitative estimate of drug-likeness (QED) is 0.477. The molecule has 4 rings (SSSR count). The molecule has 1 aromatic carbocycles. The lowest BCUT2D eigenvalue weighted by atomic mass is 9.56. The Morgan fingerprint density at radius 2 is 1.90 bits per heavy atom. The lowest BCUT2D eigenvalue weighted by Gasteiger charge is -2.49. The second-order valence-corrected chi connectivity index (χ2v) is 9.00. The van der Waals surface area contributed by atoms with Gasteiger partial charge in [-0.15, -0.1) is 0 Å². The Morgan fingerprint density at radius 1 is 1.17 bits per heavy atom.